The van der Waals surface area contributed by atoms with Crippen LogP contribution < -0.4 is 15.5 Å². The fourth-order valence-corrected chi connectivity index (χ4v) is 3.44. The van der Waals surface area contributed by atoms with Crippen LogP contribution in [0.1, 0.15) is 23.4 Å². The first-order valence-corrected chi connectivity index (χ1v) is 9.13. The molecule has 1 unspecified atom stereocenters. The predicted octanol–water partition coefficient (Wildman–Crippen LogP) is 4.17. The molecule has 0 fully saturated rings. The average molecular weight is 468 g/mol. The van der Waals surface area contributed by atoms with Gasteiger partial charge in [0.25, 0.3) is 0 Å². The van der Waals surface area contributed by atoms with Crippen LogP contribution in [0, 0.1) is 0 Å². The highest BCUT2D eigenvalue weighted by molar-refractivity contribution is 14.0. The lowest BCUT2D eigenvalue weighted by atomic mass is 10.2. The van der Waals surface area contributed by atoms with Crippen molar-refractivity contribution in [3.05, 3.63) is 64.4 Å². The van der Waals surface area contributed by atoms with Gasteiger partial charge in [-0.3, -0.25) is 4.99 Å². The van der Waals surface area contributed by atoms with Crippen LogP contribution in [-0.4, -0.2) is 26.1 Å². The Morgan fingerprint density at radius 1 is 1.20 bits per heavy atom. The monoisotopic (exact) mass is 468 g/mol. The van der Waals surface area contributed by atoms with Gasteiger partial charge in [0.05, 0.1) is 6.04 Å². The fraction of sp³-hybridized carbons (Fsp3) is 0.316. The van der Waals surface area contributed by atoms with Crippen LogP contribution in [-0.2, 0) is 6.54 Å². The molecular formula is C19H25IN4S. The molecule has 0 radical (unpaired) electrons. The summed E-state index contributed by atoms with van der Waals surface area (Å²) in [5, 5.41) is 8.91. The second kappa shape index (κ2) is 9.82. The van der Waals surface area contributed by atoms with Crippen LogP contribution in [0.3, 0.4) is 0 Å². The van der Waals surface area contributed by atoms with Crippen LogP contribution in [0.25, 0.3) is 0 Å². The third kappa shape index (κ3) is 5.47. The van der Waals surface area contributed by atoms with Crippen molar-refractivity contribution >= 4 is 47.0 Å². The normalized spacial score (nSPS) is 15.0. The summed E-state index contributed by atoms with van der Waals surface area (Å²) in [6, 6.07) is 13.2. The van der Waals surface area contributed by atoms with E-state index in [0.29, 0.717) is 0 Å². The number of nitrogens with one attached hydrogen (secondary N) is 2. The van der Waals surface area contributed by atoms with Gasteiger partial charge < -0.3 is 15.5 Å². The van der Waals surface area contributed by atoms with Crippen molar-refractivity contribution in [1.82, 2.24) is 10.6 Å². The molecule has 1 aliphatic rings. The van der Waals surface area contributed by atoms with Gasteiger partial charge in [-0.1, -0.05) is 30.4 Å². The van der Waals surface area contributed by atoms with E-state index in [1.165, 1.54) is 16.1 Å². The van der Waals surface area contributed by atoms with Crippen molar-refractivity contribution < 1.29 is 0 Å². The molecule has 1 atom stereocenters. The number of nitrogens with zero attached hydrogens (tertiary/aromatic N) is 2. The number of hydrogen-bond donors (Lipinski definition) is 2. The summed E-state index contributed by atoms with van der Waals surface area (Å²) in [5.74, 6) is 0.823. The molecule has 0 bridgehead atoms. The topological polar surface area (TPSA) is 39.7 Å². The van der Waals surface area contributed by atoms with Crippen LogP contribution in [0.4, 0.5) is 5.69 Å². The van der Waals surface area contributed by atoms with Gasteiger partial charge in [0.15, 0.2) is 5.96 Å². The van der Waals surface area contributed by atoms with E-state index in [9.17, 15) is 0 Å². The highest BCUT2D eigenvalue weighted by Crippen LogP contribution is 2.19. The zero-order chi connectivity index (χ0) is 16.8. The molecule has 0 saturated heterocycles. The maximum Gasteiger partial charge on any atom is 0.191 e. The zero-order valence-corrected chi connectivity index (χ0v) is 17.8. The number of guanidine groups is 1. The third-order valence-electron chi connectivity index (χ3n) is 4.13. The molecule has 4 nitrogen and oxygen atoms in total. The molecule has 25 heavy (non-hydrogen) atoms. The van der Waals surface area contributed by atoms with Gasteiger partial charge in [0.1, 0.15) is 0 Å². The van der Waals surface area contributed by atoms with Crippen LogP contribution in [0.2, 0.25) is 0 Å². The molecule has 134 valence electrons. The smallest absolute Gasteiger partial charge is 0.191 e. The number of thiophene rings is 1. The number of anilines is 1. The molecule has 2 N–H and O–H groups in total. The Hall–Kier alpha value is -1.54. The van der Waals surface area contributed by atoms with Gasteiger partial charge in [0, 0.05) is 37.2 Å². The second-order valence-corrected chi connectivity index (χ2v) is 6.83. The van der Waals surface area contributed by atoms with Crippen LogP contribution in [0.5, 0.6) is 0 Å². The minimum absolute atomic E-state index is 0. The van der Waals surface area contributed by atoms with Gasteiger partial charge in [-0.25, -0.2) is 0 Å². The first kappa shape index (κ1) is 19.8. The standard InChI is InChI=1S/C19H24N4S.HI/c1-15(18-6-5-13-24-18)22-19(20-2)21-14-16-7-9-17(10-8-16)23-11-3-4-12-23;/h3-10,13,15H,11-12,14H2,1-2H3,(H2,20,21,22);1H. The summed E-state index contributed by atoms with van der Waals surface area (Å²) < 4.78 is 0. The third-order valence-corrected chi connectivity index (χ3v) is 5.18. The summed E-state index contributed by atoms with van der Waals surface area (Å²) in [4.78, 5) is 7.97. The van der Waals surface area contributed by atoms with E-state index in [0.717, 1.165) is 25.6 Å². The number of aliphatic imine (C=N–C) groups is 1. The number of rotatable bonds is 5. The summed E-state index contributed by atoms with van der Waals surface area (Å²) >= 11 is 1.76. The van der Waals surface area contributed by atoms with E-state index < -0.39 is 0 Å². The Morgan fingerprint density at radius 2 is 1.92 bits per heavy atom. The Balaban J connectivity index is 0.00000225. The first-order valence-electron chi connectivity index (χ1n) is 8.26. The second-order valence-electron chi connectivity index (χ2n) is 5.85. The Bertz CT molecular complexity index is 687. The SMILES string of the molecule is CN=C(NCc1ccc(N2CC=CC2)cc1)NC(C)c1cccs1.I. The van der Waals surface area contributed by atoms with Crippen LogP contribution >= 0.6 is 35.3 Å². The number of hydrogen-bond acceptors (Lipinski definition) is 3. The van der Waals surface area contributed by atoms with Crippen LogP contribution in [0.15, 0.2) is 58.9 Å². The Labute approximate surface area is 171 Å². The zero-order valence-electron chi connectivity index (χ0n) is 14.6. The minimum Gasteiger partial charge on any atom is -0.364 e. The minimum atomic E-state index is 0. The first-order chi connectivity index (χ1) is 11.8. The number of benzene rings is 1. The molecular weight excluding hydrogens is 443 g/mol. The van der Waals surface area contributed by atoms with Gasteiger partial charge in [-0.2, -0.15) is 0 Å². The van der Waals surface area contributed by atoms with Crippen molar-refractivity contribution in [3.8, 4) is 0 Å². The molecule has 1 aromatic carbocycles. The molecule has 1 aromatic heterocycles. The highest BCUT2D eigenvalue weighted by atomic mass is 127. The van der Waals surface area contributed by atoms with E-state index in [1.54, 1.807) is 18.4 Å². The summed E-state index contributed by atoms with van der Waals surface area (Å²) in [6.45, 7) is 4.93. The van der Waals surface area contributed by atoms with Crippen molar-refractivity contribution in [1.29, 1.82) is 0 Å². The van der Waals surface area contributed by atoms with E-state index in [1.807, 2.05) is 0 Å². The molecule has 3 rings (SSSR count). The summed E-state index contributed by atoms with van der Waals surface area (Å²) in [5.41, 5.74) is 2.52. The molecule has 0 spiro atoms. The van der Waals surface area contributed by atoms with Gasteiger partial charge in [-0.05, 0) is 36.1 Å². The van der Waals surface area contributed by atoms with E-state index in [-0.39, 0.29) is 30.0 Å². The lowest BCUT2D eigenvalue weighted by molar-refractivity contribution is 0.696. The quantitative estimate of drug-likeness (QED) is 0.300. The Morgan fingerprint density at radius 3 is 2.52 bits per heavy atom. The van der Waals surface area contributed by atoms with Gasteiger partial charge in [0.2, 0.25) is 0 Å². The van der Waals surface area contributed by atoms with Crippen molar-refractivity contribution in [2.75, 3.05) is 25.0 Å². The molecule has 0 saturated carbocycles. The van der Waals surface area contributed by atoms with E-state index in [2.05, 4.69) is 81.4 Å². The fourth-order valence-electron chi connectivity index (χ4n) is 2.71. The summed E-state index contributed by atoms with van der Waals surface area (Å²) in [7, 11) is 1.81. The number of halogens is 1. The maximum atomic E-state index is 4.32. The predicted molar refractivity (Wildman–Crippen MR) is 119 cm³/mol. The maximum absolute atomic E-state index is 4.32. The van der Waals surface area contributed by atoms with Gasteiger partial charge >= 0.3 is 0 Å². The van der Waals surface area contributed by atoms with Gasteiger partial charge in [-0.15, -0.1) is 35.3 Å². The lowest BCUT2D eigenvalue weighted by Crippen LogP contribution is -2.38. The lowest BCUT2D eigenvalue weighted by Gasteiger charge is -2.19. The average Bonchev–Trinajstić information content (AvgIpc) is 3.32. The van der Waals surface area contributed by atoms with E-state index >= 15 is 0 Å². The largest absolute Gasteiger partial charge is 0.364 e. The van der Waals surface area contributed by atoms with Crippen molar-refractivity contribution in [2.45, 2.75) is 19.5 Å². The van der Waals surface area contributed by atoms with Crippen molar-refractivity contribution in [3.63, 3.8) is 0 Å². The molecule has 2 aromatic rings. The Kier molecular flexibility index (Phi) is 7.77. The molecule has 0 amide bonds. The van der Waals surface area contributed by atoms with E-state index in [4.69, 9.17) is 0 Å². The summed E-state index contributed by atoms with van der Waals surface area (Å²) in [6.07, 6.45) is 4.42. The molecule has 2 heterocycles. The molecule has 1 aliphatic heterocycles. The molecule has 0 aliphatic carbocycles. The molecule has 6 heteroatoms. The highest BCUT2D eigenvalue weighted by Gasteiger charge is 2.09. The van der Waals surface area contributed by atoms with Crippen molar-refractivity contribution in [2.24, 2.45) is 4.99 Å².